The van der Waals surface area contributed by atoms with Crippen molar-refractivity contribution in [1.29, 1.82) is 0 Å². The summed E-state index contributed by atoms with van der Waals surface area (Å²) in [5, 5.41) is 3.28. The highest BCUT2D eigenvalue weighted by atomic mass is 32.2. The van der Waals surface area contributed by atoms with Gasteiger partial charge in [0.25, 0.3) is 0 Å². The molecular weight excluding hydrogens is 262 g/mol. The van der Waals surface area contributed by atoms with E-state index in [9.17, 15) is 8.42 Å². The van der Waals surface area contributed by atoms with Crippen molar-refractivity contribution in [2.45, 2.75) is 30.7 Å². The molecule has 0 saturated heterocycles. The van der Waals surface area contributed by atoms with Crippen molar-refractivity contribution < 1.29 is 8.42 Å². The van der Waals surface area contributed by atoms with E-state index in [-0.39, 0.29) is 4.90 Å². The topological polar surface area (TPSA) is 84.2 Å². The molecule has 1 aliphatic carbocycles. The summed E-state index contributed by atoms with van der Waals surface area (Å²) in [5.41, 5.74) is 7.12. The molecule has 4 N–H and O–H groups in total. The lowest BCUT2D eigenvalue weighted by Gasteiger charge is -2.16. The van der Waals surface area contributed by atoms with Gasteiger partial charge in [-0.1, -0.05) is 19.1 Å². The third-order valence-corrected chi connectivity index (χ3v) is 4.58. The van der Waals surface area contributed by atoms with Crippen molar-refractivity contribution in [3.05, 3.63) is 30.4 Å². The highest BCUT2D eigenvalue weighted by Crippen LogP contribution is 2.25. The second-order valence-electron chi connectivity index (χ2n) is 4.53. The van der Waals surface area contributed by atoms with Crippen molar-refractivity contribution in [3.8, 4) is 0 Å². The zero-order valence-corrected chi connectivity index (χ0v) is 11.7. The summed E-state index contributed by atoms with van der Waals surface area (Å²) in [5.74, 6) is 0. The van der Waals surface area contributed by atoms with Crippen LogP contribution in [-0.4, -0.2) is 21.0 Å². The molecule has 2 rings (SSSR count). The molecule has 0 heterocycles. The third kappa shape index (κ3) is 3.27. The van der Waals surface area contributed by atoms with Crippen LogP contribution >= 0.6 is 0 Å². The molecule has 6 heteroatoms. The Bertz CT molecular complexity index is 574. The van der Waals surface area contributed by atoms with Gasteiger partial charge in [0, 0.05) is 12.6 Å². The zero-order chi connectivity index (χ0) is 13.9. The Morgan fingerprint density at radius 2 is 2.00 bits per heavy atom. The van der Waals surface area contributed by atoms with E-state index in [4.69, 9.17) is 5.73 Å². The summed E-state index contributed by atoms with van der Waals surface area (Å²) >= 11 is 0. The summed E-state index contributed by atoms with van der Waals surface area (Å²) in [7, 11) is -3.44. The summed E-state index contributed by atoms with van der Waals surface area (Å²) in [6, 6.07) is 5.02. The first-order valence-electron chi connectivity index (χ1n) is 6.33. The van der Waals surface area contributed by atoms with Crippen LogP contribution in [0.3, 0.4) is 0 Å². The number of benzene rings is 1. The Morgan fingerprint density at radius 1 is 1.32 bits per heavy atom. The fourth-order valence-electron chi connectivity index (χ4n) is 2.06. The molecule has 0 aliphatic heterocycles. The van der Waals surface area contributed by atoms with Gasteiger partial charge in [0.15, 0.2) is 0 Å². The van der Waals surface area contributed by atoms with E-state index in [2.05, 4.69) is 22.2 Å². The van der Waals surface area contributed by atoms with Crippen LogP contribution in [0.4, 0.5) is 11.4 Å². The van der Waals surface area contributed by atoms with E-state index in [0.29, 0.717) is 24.0 Å². The van der Waals surface area contributed by atoms with Gasteiger partial charge < -0.3 is 11.1 Å². The van der Waals surface area contributed by atoms with E-state index in [1.165, 1.54) is 6.07 Å². The van der Waals surface area contributed by atoms with Crippen LogP contribution in [0.1, 0.15) is 19.8 Å². The smallest absolute Gasteiger partial charge is 0.240 e. The Kier molecular flexibility index (Phi) is 4.11. The monoisotopic (exact) mass is 281 g/mol. The van der Waals surface area contributed by atoms with E-state index < -0.39 is 10.0 Å². The van der Waals surface area contributed by atoms with Crippen molar-refractivity contribution in [2.24, 2.45) is 0 Å². The largest absolute Gasteiger partial charge is 0.397 e. The highest BCUT2D eigenvalue weighted by Gasteiger charge is 2.16. The average Bonchev–Trinajstić information content (AvgIpc) is 2.84. The fraction of sp³-hybridized carbons (Fsp3) is 0.385. The van der Waals surface area contributed by atoms with Gasteiger partial charge in [-0.3, -0.25) is 0 Å². The molecule has 0 unspecified atom stereocenters. The van der Waals surface area contributed by atoms with Crippen LogP contribution < -0.4 is 15.8 Å². The van der Waals surface area contributed by atoms with Crippen molar-refractivity contribution in [2.75, 3.05) is 17.6 Å². The Labute approximate surface area is 113 Å². The van der Waals surface area contributed by atoms with E-state index >= 15 is 0 Å². The maximum atomic E-state index is 11.9. The van der Waals surface area contributed by atoms with Crippen LogP contribution in [0, 0.1) is 0 Å². The van der Waals surface area contributed by atoms with E-state index in [0.717, 1.165) is 12.8 Å². The maximum Gasteiger partial charge on any atom is 0.240 e. The number of nitrogen functional groups attached to an aromatic ring is 1. The average molecular weight is 281 g/mol. The van der Waals surface area contributed by atoms with Crippen molar-refractivity contribution >= 4 is 21.4 Å². The second-order valence-corrected chi connectivity index (χ2v) is 6.30. The minimum absolute atomic E-state index is 0.233. The highest BCUT2D eigenvalue weighted by molar-refractivity contribution is 7.89. The SMILES string of the molecule is CCNS(=O)(=O)c1ccc(N)c(NC2CC=CC2)c1. The van der Waals surface area contributed by atoms with Crippen molar-refractivity contribution in [1.82, 2.24) is 4.72 Å². The molecule has 0 saturated carbocycles. The lowest BCUT2D eigenvalue weighted by atomic mass is 10.2. The van der Waals surface area contributed by atoms with E-state index in [1.807, 2.05) is 0 Å². The molecule has 0 fully saturated rings. The minimum Gasteiger partial charge on any atom is -0.397 e. The first-order valence-corrected chi connectivity index (χ1v) is 7.82. The molecule has 104 valence electrons. The Hall–Kier alpha value is -1.53. The first-order chi connectivity index (χ1) is 9.03. The summed E-state index contributed by atoms with van der Waals surface area (Å²) < 4.78 is 26.4. The summed E-state index contributed by atoms with van der Waals surface area (Å²) in [6.45, 7) is 2.11. The van der Waals surface area contributed by atoms with Gasteiger partial charge in [0.1, 0.15) is 0 Å². The van der Waals surface area contributed by atoms with Gasteiger partial charge in [-0.15, -0.1) is 0 Å². The normalized spacial score (nSPS) is 15.8. The zero-order valence-electron chi connectivity index (χ0n) is 10.9. The van der Waals surface area contributed by atoms with Crippen LogP contribution in [-0.2, 0) is 10.0 Å². The van der Waals surface area contributed by atoms with E-state index in [1.54, 1.807) is 19.1 Å². The van der Waals surface area contributed by atoms with Gasteiger partial charge in [-0.05, 0) is 31.0 Å². The molecule has 0 radical (unpaired) electrons. The van der Waals surface area contributed by atoms with Gasteiger partial charge >= 0.3 is 0 Å². The number of nitrogens with one attached hydrogen (secondary N) is 2. The first kappa shape index (κ1) is 13.9. The molecule has 0 aromatic heterocycles. The predicted octanol–water partition coefficient (Wildman–Crippen LogP) is 1.70. The molecule has 0 bridgehead atoms. The number of hydrogen-bond donors (Lipinski definition) is 3. The minimum atomic E-state index is -3.44. The van der Waals surface area contributed by atoms with Crippen molar-refractivity contribution in [3.63, 3.8) is 0 Å². The second kappa shape index (κ2) is 5.63. The quantitative estimate of drug-likeness (QED) is 0.566. The van der Waals surface area contributed by atoms with Crippen LogP contribution in [0.25, 0.3) is 0 Å². The molecule has 1 aromatic carbocycles. The Balaban J connectivity index is 2.24. The molecule has 19 heavy (non-hydrogen) atoms. The number of rotatable bonds is 5. The molecule has 0 amide bonds. The Morgan fingerprint density at radius 3 is 2.63 bits per heavy atom. The van der Waals surface area contributed by atoms with Gasteiger partial charge in [0.2, 0.25) is 10.0 Å². The van der Waals surface area contributed by atoms with Crippen LogP contribution in [0.15, 0.2) is 35.2 Å². The van der Waals surface area contributed by atoms with Gasteiger partial charge in [-0.2, -0.15) is 0 Å². The predicted molar refractivity (Wildman–Crippen MR) is 77.5 cm³/mol. The standard InChI is InChI=1S/C13H19N3O2S/c1-2-15-19(17,18)11-7-8-12(14)13(9-11)16-10-5-3-4-6-10/h3-4,7-10,15-16H,2,5-6,14H2,1H3. The fourth-order valence-corrected chi connectivity index (χ4v) is 3.12. The molecule has 0 atom stereocenters. The van der Waals surface area contributed by atoms with Crippen LogP contribution in [0.5, 0.6) is 0 Å². The number of hydrogen-bond acceptors (Lipinski definition) is 4. The molecule has 0 spiro atoms. The number of nitrogens with two attached hydrogens (primary N) is 1. The summed E-state index contributed by atoms with van der Waals surface area (Å²) in [4.78, 5) is 0.233. The maximum absolute atomic E-state index is 11.9. The third-order valence-electron chi connectivity index (χ3n) is 3.04. The number of anilines is 2. The molecular formula is C13H19N3O2S. The van der Waals surface area contributed by atoms with Gasteiger partial charge in [0.05, 0.1) is 16.3 Å². The molecule has 5 nitrogen and oxygen atoms in total. The lowest BCUT2D eigenvalue weighted by Crippen LogP contribution is -2.23. The lowest BCUT2D eigenvalue weighted by molar-refractivity contribution is 0.584. The molecule has 1 aliphatic rings. The van der Waals surface area contributed by atoms with Gasteiger partial charge in [-0.25, -0.2) is 13.1 Å². The van der Waals surface area contributed by atoms with Crippen LogP contribution in [0.2, 0.25) is 0 Å². The molecule has 1 aromatic rings. The number of sulfonamides is 1. The summed E-state index contributed by atoms with van der Waals surface area (Å²) in [6.07, 6.45) is 6.08.